The lowest BCUT2D eigenvalue weighted by molar-refractivity contribution is -0.122. The molecule has 0 unspecified atom stereocenters. The van der Waals surface area contributed by atoms with Crippen molar-refractivity contribution in [2.24, 2.45) is 0 Å². The molecule has 1 aromatic heterocycles. The van der Waals surface area contributed by atoms with E-state index in [2.05, 4.69) is 10.4 Å². The van der Waals surface area contributed by atoms with Crippen molar-refractivity contribution in [1.82, 2.24) is 15.1 Å². The third-order valence-electron chi connectivity index (χ3n) is 4.59. The van der Waals surface area contributed by atoms with Crippen molar-refractivity contribution in [3.05, 3.63) is 70.1 Å². The SMILES string of the molecule is Cc1nn(CC(=O)NC[C@H]2Cc3ccccc3O2)c(=O)c2ccccc12. The second-order valence-corrected chi connectivity index (χ2v) is 6.45. The Morgan fingerprint density at radius 1 is 1.19 bits per heavy atom. The molecule has 1 atom stereocenters. The van der Waals surface area contributed by atoms with Gasteiger partial charge in [0.25, 0.3) is 5.56 Å². The average Bonchev–Trinajstić information content (AvgIpc) is 3.07. The predicted molar refractivity (Wildman–Crippen MR) is 98.3 cm³/mol. The zero-order valence-electron chi connectivity index (χ0n) is 14.4. The highest BCUT2D eigenvalue weighted by molar-refractivity contribution is 5.83. The Balaban J connectivity index is 1.42. The molecular formula is C20H19N3O3. The zero-order valence-corrected chi connectivity index (χ0v) is 14.4. The summed E-state index contributed by atoms with van der Waals surface area (Å²) in [6.07, 6.45) is 0.684. The van der Waals surface area contributed by atoms with Gasteiger partial charge in [0, 0.05) is 11.8 Å². The number of carbonyl (C=O) groups is 1. The van der Waals surface area contributed by atoms with Gasteiger partial charge in [0.15, 0.2) is 0 Å². The number of aromatic nitrogens is 2. The van der Waals surface area contributed by atoms with Gasteiger partial charge in [-0.25, -0.2) is 4.68 Å². The first-order chi connectivity index (χ1) is 12.6. The smallest absolute Gasteiger partial charge is 0.275 e. The molecule has 6 nitrogen and oxygen atoms in total. The Morgan fingerprint density at radius 2 is 1.92 bits per heavy atom. The van der Waals surface area contributed by atoms with Crippen molar-refractivity contribution in [3.63, 3.8) is 0 Å². The average molecular weight is 349 g/mol. The summed E-state index contributed by atoms with van der Waals surface area (Å²) in [6, 6.07) is 15.2. The molecule has 2 aromatic carbocycles. The summed E-state index contributed by atoms with van der Waals surface area (Å²) in [7, 11) is 0. The monoisotopic (exact) mass is 349 g/mol. The molecule has 1 aliphatic rings. The van der Waals surface area contributed by atoms with Crippen LogP contribution in [0.2, 0.25) is 0 Å². The molecule has 0 aliphatic carbocycles. The van der Waals surface area contributed by atoms with E-state index in [1.807, 2.05) is 49.4 Å². The molecule has 0 bridgehead atoms. The van der Waals surface area contributed by atoms with E-state index in [1.54, 1.807) is 6.07 Å². The fourth-order valence-corrected chi connectivity index (χ4v) is 3.30. The summed E-state index contributed by atoms with van der Waals surface area (Å²) in [4.78, 5) is 24.8. The van der Waals surface area contributed by atoms with E-state index in [-0.39, 0.29) is 24.1 Å². The van der Waals surface area contributed by atoms with Gasteiger partial charge in [-0.05, 0) is 24.6 Å². The standard InChI is InChI=1S/C20H19N3O3/c1-13-16-7-3-4-8-17(16)20(25)23(22-13)12-19(24)21-11-15-10-14-6-2-5-9-18(14)26-15/h2-9,15H,10-12H2,1H3,(H,21,24)/t15-/m1/s1. The third-order valence-corrected chi connectivity index (χ3v) is 4.59. The Hall–Kier alpha value is -3.15. The Bertz CT molecular complexity index is 1020. The number of fused-ring (bicyclic) bond motifs is 2. The topological polar surface area (TPSA) is 73.2 Å². The number of ether oxygens (including phenoxy) is 1. The number of nitrogens with one attached hydrogen (secondary N) is 1. The first-order valence-corrected chi connectivity index (χ1v) is 8.59. The van der Waals surface area contributed by atoms with E-state index >= 15 is 0 Å². The minimum Gasteiger partial charge on any atom is -0.488 e. The third kappa shape index (κ3) is 3.06. The van der Waals surface area contributed by atoms with Crippen LogP contribution in [-0.2, 0) is 17.8 Å². The maximum atomic E-state index is 12.5. The molecule has 26 heavy (non-hydrogen) atoms. The molecule has 1 aliphatic heterocycles. The first-order valence-electron chi connectivity index (χ1n) is 8.59. The second kappa shape index (κ2) is 6.63. The molecule has 0 fully saturated rings. The quantitative estimate of drug-likeness (QED) is 0.780. The highest BCUT2D eigenvalue weighted by Crippen LogP contribution is 2.27. The number of aryl methyl sites for hydroxylation is 1. The highest BCUT2D eigenvalue weighted by Gasteiger charge is 2.22. The van der Waals surface area contributed by atoms with Crippen LogP contribution in [0.4, 0.5) is 0 Å². The zero-order chi connectivity index (χ0) is 18.1. The number of hydrogen-bond acceptors (Lipinski definition) is 4. The van der Waals surface area contributed by atoms with Crippen LogP contribution in [-0.4, -0.2) is 28.3 Å². The van der Waals surface area contributed by atoms with E-state index in [9.17, 15) is 9.59 Å². The van der Waals surface area contributed by atoms with Crippen molar-refractivity contribution >= 4 is 16.7 Å². The summed E-state index contributed by atoms with van der Waals surface area (Å²) in [5, 5.41) is 8.49. The van der Waals surface area contributed by atoms with Crippen LogP contribution in [0, 0.1) is 6.92 Å². The largest absolute Gasteiger partial charge is 0.488 e. The van der Waals surface area contributed by atoms with Crippen molar-refractivity contribution in [2.45, 2.75) is 26.0 Å². The molecule has 1 amide bonds. The lowest BCUT2D eigenvalue weighted by atomic mass is 10.1. The van der Waals surface area contributed by atoms with Crippen LogP contribution >= 0.6 is 0 Å². The molecule has 132 valence electrons. The van der Waals surface area contributed by atoms with Crippen molar-refractivity contribution in [1.29, 1.82) is 0 Å². The summed E-state index contributed by atoms with van der Waals surface area (Å²) in [5.74, 6) is 0.614. The maximum absolute atomic E-state index is 12.5. The molecule has 3 aromatic rings. The lowest BCUT2D eigenvalue weighted by Gasteiger charge is -2.13. The van der Waals surface area contributed by atoms with Crippen LogP contribution in [0.5, 0.6) is 5.75 Å². The van der Waals surface area contributed by atoms with E-state index in [1.165, 1.54) is 4.68 Å². The molecule has 2 heterocycles. The predicted octanol–water partition coefficient (Wildman–Crippen LogP) is 1.82. The van der Waals surface area contributed by atoms with E-state index in [0.717, 1.165) is 28.8 Å². The Labute approximate surface area is 150 Å². The molecule has 6 heteroatoms. The van der Waals surface area contributed by atoms with Crippen molar-refractivity contribution in [2.75, 3.05) is 6.54 Å². The first kappa shape index (κ1) is 16.3. The fourth-order valence-electron chi connectivity index (χ4n) is 3.30. The summed E-state index contributed by atoms with van der Waals surface area (Å²) in [6.45, 7) is 2.12. The summed E-state index contributed by atoms with van der Waals surface area (Å²) >= 11 is 0. The molecule has 1 N–H and O–H groups in total. The molecule has 0 saturated carbocycles. The second-order valence-electron chi connectivity index (χ2n) is 6.45. The van der Waals surface area contributed by atoms with Gasteiger partial charge >= 0.3 is 0 Å². The fraction of sp³-hybridized carbons (Fsp3) is 0.250. The number of benzene rings is 2. The van der Waals surface area contributed by atoms with Gasteiger partial charge in [0.05, 0.1) is 17.6 Å². The highest BCUT2D eigenvalue weighted by atomic mass is 16.5. The van der Waals surface area contributed by atoms with Gasteiger partial charge in [-0.1, -0.05) is 36.4 Å². The molecule has 0 spiro atoms. The number of para-hydroxylation sites is 1. The van der Waals surface area contributed by atoms with Crippen LogP contribution in [0.25, 0.3) is 10.8 Å². The van der Waals surface area contributed by atoms with Gasteiger partial charge in [-0.2, -0.15) is 5.10 Å². The van der Waals surface area contributed by atoms with Gasteiger partial charge in [-0.15, -0.1) is 0 Å². The number of nitrogens with zero attached hydrogens (tertiary/aromatic N) is 2. The van der Waals surface area contributed by atoms with E-state index in [0.29, 0.717) is 11.9 Å². The number of hydrogen-bond donors (Lipinski definition) is 1. The van der Waals surface area contributed by atoms with Crippen LogP contribution in [0.1, 0.15) is 11.3 Å². The molecular weight excluding hydrogens is 330 g/mol. The van der Waals surface area contributed by atoms with Crippen LogP contribution < -0.4 is 15.6 Å². The Morgan fingerprint density at radius 3 is 2.73 bits per heavy atom. The minimum atomic E-state index is -0.258. The van der Waals surface area contributed by atoms with Crippen molar-refractivity contribution in [3.8, 4) is 5.75 Å². The molecule has 0 saturated heterocycles. The van der Waals surface area contributed by atoms with Crippen molar-refractivity contribution < 1.29 is 9.53 Å². The number of carbonyl (C=O) groups excluding carboxylic acids is 1. The van der Waals surface area contributed by atoms with E-state index < -0.39 is 0 Å². The minimum absolute atomic E-state index is 0.0839. The maximum Gasteiger partial charge on any atom is 0.275 e. The molecule has 0 radical (unpaired) electrons. The summed E-state index contributed by atoms with van der Waals surface area (Å²) < 4.78 is 7.03. The number of amides is 1. The van der Waals surface area contributed by atoms with Gasteiger partial charge in [-0.3, -0.25) is 9.59 Å². The van der Waals surface area contributed by atoms with Gasteiger partial charge < -0.3 is 10.1 Å². The molecule has 4 rings (SSSR count). The van der Waals surface area contributed by atoms with E-state index in [4.69, 9.17) is 4.74 Å². The van der Waals surface area contributed by atoms with Crippen LogP contribution in [0.3, 0.4) is 0 Å². The number of rotatable bonds is 4. The lowest BCUT2D eigenvalue weighted by Crippen LogP contribution is -2.39. The van der Waals surface area contributed by atoms with Crippen LogP contribution in [0.15, 0.2) is 53.3 Å². The Kier molecular flexibility index (Phi) is 4.16. The summed E-state index contributed by atoms with van der Waals surface area (Å²) in [5.41, 5.74) is 1.61. The normalized spacial score (nSPS) is 15.5. The van der Waals surface area contributed by atoms with Gasteiger partial charge in [0.1, 0.15) is 18.4 Å². The van der Waals surface area contributed by atoms with Gasteiger partial charge in [0.2, 0.25) is 5.91 Å².